The van der Waals surface area contributed by atoms with Crippen LogP contribution in [0, 0.1) is 5.82 Å². The second kappa shape index (κ2) is 7.04. The van der Waals surface area contributed by atoms with E-state index in [1.807, 2.05) is 0 Å². The second-order valence-corrected chi connectivity index (χ2v) is 4.96. The fourth-order valence-electron chi connectivity index (χ4n) is 2.12. The molecule has 1 heterocycles. The molecule has 0 aliphatic rings. The lowest BCUT2D eigenvalue weighted by Gasteiger charge is -2.08. The monoisotopic (exact) mass is 343 g/mol. The Morgan fingerprint density at radius 2 is 2.00 bits per heavy atom. The number of hydrogen-bond acceptors (Lipinski definition) is 6. The summed E-state index contributed by atoms with van der Waals surface area (Å²) >= 11 is 0. The first-order valence-corrected chi connectivity index (χ1v) is 7.27. The molecule has 0 bridgehead atoms. The SMILES string of the molecule is COC(=O)/C=C/c1ccc(Oc2nc3cc(F)ccc3o2)c(OC)c1. The van der Waals surface area contributed by atoms with Gasteiger partial charge in [0.05, 0.1) is 14.2 Å². The van der Waals surface area contributed by atoms with Gasteiger partial charge < -0.3 is 18.6 Å². The van der Waals surface area contributed by atoms with Gasteiger partial charge in [-0.25, -0.2) is 9.18 Å². The van der Waals surface area contributed by atoms with Crippen LogP contribution >= 0.6 is 0 Å². The minimum absolute atomic E-state index is 0.0308. The van der Waals surface area contributed by atoms with Crippen LogP contribution in [0.25, 0.3) is 17.2 Å². The van der Waals surface area contributed by atoms with E-state index in [1.165, 1.54) is 38.5 Å². The number of rotatable bonds is 5. The summed E-state index contributed by atoms with van der Waals surface area (Å²) in [6.45, 7) is 0. The number of esters is 1. The molecule has 128 valence electrons. The Balaban J connectivity index is 1.85. The fraction of sp³-hybridized carbons (Fsp3) is 0.111. The topological polar surface area (TPSA) is 70.8 Å². The highest BCUT2D eigenvalue weighted by molar-refractivity contribution is 5.87. The quantitative estimate of drug-likeness (QED) is 0.516. The molecule has 1 aromatic heterocycles. The number of carbonyl (C=O) groups is 1. The highest BCUT2D eigenvalue weighted by atomic mass is 19.1. The van der Waals surface area contributed by atoms with Crippen LogP contribution in [0.4, 0.5) is 4.39 Å². The highest BCUT2D eigenvalue weighted by Gasteiger charge is 2.12. The lowest BCUT2D eigenvalue weighted by molar-refractivity contribution is -0.134. The van der Waals surface area contributed by atoms with Gasteiger partial charge in [-0.05, 0) is 35.9 Å². The van der Waals surface area contributed by atoms with Crippen molar-refractivity contribution in [3.63, 3.8) is 0 Å². The van der Waals surface area contributed by atoms with Crippen LogP contribution in [0.1, 0.15) is 5.56 Å². The predicted molar refractivity (Wildman–Crippen MR) is 88.1 cm³/mol. The van der Waals surface area contributed by atoms with E-state index in [1.54, 1.807) is 24.3 Å². The number of methoxy groups -OCH3 is 2. The van der Waals surface area contributed by atoms with E-state index in [0.717, 1.165) is 0 Å². The molecule has 2 aromatic carbocycles. The minimum Gasteiger partial charge on any atom is -0.493 e. The van der Waals surface area contributed by atoms with Crippen molar-refractivity contribution in [2.75, 3.05) is 14.2 Å². The molecular weight excluding hydrogens is 329 g/mol. The average Bonchev–Trinajstić information content (AvgIpc) is 3.01. The number of halogens is 1. The summed E-state index contributed by atoms with van der Waals surface area (Å²) in [5.41, 5.74) is 1.48. The average molecular weight is 343 g/mol. The molecule has 0 amide bonds. The fourth-order valence-corrected chi connectivity index (χ4v) is 2.12. The number of nitrogens with zero attached hydrogens (tertiary/aromatic N) is 1. The Kier molecular flexibility index (Phi) is 4.65. The molecule has 0 unspecified atom stereocenters. The van der Waals surface area contributed by atoms with Crippen molar-refractivity contribution in [2.24, 2.45) is 0 Å². The van der Waals surface area contributed by atoms with Crippen LogP contribution in [-0.4, -0.2) is 25.2 Å². The molecule has 0 saturated carbocycles. The Morgan fingerprint density at radius 3 is 2.76 bits per heavy atom. The summed E-state index contributed by atoms with van der Waals surface area (Å²) in [6, 6.07) is 9.05. The zero-order valence-corrected chi connectivity index (χ0v) is 13.5. The summed E-state index contributed by atoms with van der Waals surface area (Å²) in [5.74, 6) is -0.0881. The summed E-state index contributed by atoms with van der Waals surface area (Å²) in [6.07, 6.45) is 2.85. The Morgan fingerprint density at radius 1 is 1.16 bits per heavy atom. The van der Waals surface area contributed by atoms with Gasteiger partial charge in [-0.1, -0.05) is 6.07 Å². The third kappa shape index (κ3) is 3.77. The van der Waals surface area contributed by atoms with Gasteiger partial charge in [-0.3, -0.25) is 0 Å². The van der Waals surface area contributed by atoms with E-state index in [9.17, 15) is 9.18 Å². The standard InChI is InChI=1S/C18H14FNO5/c1-22-16-9-11(4-8-17(21)23-2)3-6-15(16)25-18-20-13-10-12(19)5-7-14(13)24-18/h3-10H,1-2H3/b8-4+. The molecular formula is C18H14FNO5. The number of oxazole rings is 1. The molecule has 0 saturated heterocycles. The van der Waals surface area contributed by atoms with Gasteiger partial charge in [0.15, 0.2) is 17.1 Å². The van der Waals surface area contributed by atoms with Gasteiger partial charge in [-0.2, -0.15) is 4.98 Å². The van der Waals surface area contributed by atoms with Crippen LogP contribution in [0.2, 0.25) is 0 Å². The number of benzene rings is 2. The zero-order valence-electron chi connectivity index (χ0n) is 13.5. The van der Waals surface area contributed by atoms with E-state index in [2.05, 4.69) is 9.72 Å². The summed E-state index contributed by atoms with van der Waals surface area (Å²) in [4.78, 5) is 15.2. The molecule has 0 N–H and O–H groups in total. The molecule has 0 spiro atoms. The van der Waals surface area contributed by atoms with Crippen molar-refractivity contribution in [2.45, 2.75) is 0 Å². The number of aromatic nitrogens is 1. The van der Waals surface area contributed by atoms with E-state index >= 15 is 0 Å². The van der Waals surface area contributed by atoms with Crippen molar-refractivity contribution >= 4 is 23.1 Å². The molecule has 0 aliphatic carbocycles. The molecule has 25 heavy (non-hydrogen) atoms. The van der Waals surface area contributed by atoms with E-state index in [0.29, 0.717) is 28.2 Å². The molecule has 0 aliphatic heterocycles. The summed E-state index contributed by atoms with van der Waals surface area (Å²) < 4.78 is 34.0. The number of ether oxygens (including phenoxy) is 3. The Labute approximate surface area is 142 Å². The van der Waals surface area contributed by atoms with Crippen LogP contribution in [-0.2, 0) is 9.53 Å². The molecule has 0 radical (unpaired) electrons. The first-order valence-electron chi connectivity index (χ1n) is 7.27. The third-order valence-corrected chi connectivity index (χ3v) is 3.33. The highest BCUT2D eigenvalue weighted by Crippen LogP contribution is 2.33. The lowest BCUT2D eigenvalue weighted by atomic mass is 10.2. The van der Waals surface area contributed by atoms with Gasteiger partial charge in [0.1, 0.15) is 11.3 Å². The van der Waals surface area contributed by atoms with Gasteiger partial charge in [0, 0.05) is 12.1 Å². The molecule has 6 nitrogen and oxygen atoms in total. The van der Waals surface area contributed by atoms with E-state index in [4.69, 9.17) is 13.9 Å². The Bertz CT molecular complexity index is 948. The van der Waals surface area contributed by atoms with E-state index < -0.39 is 11.8 Å². The number of fused-ring (bicyclic) bond motifs is 1. The van der Waals surface area contributed by atoms with Crippen LogP contribution in [0.5, 0.6) is 17.6 Å². The zero-order chi connectivity index (χ0) is 17.8. The van der Waals surface area contributed by atoms with Gasteiger partial charge in [0.2, 0.25) is 0 Å². The summed E-state index contributed by atoms with van der Waals surface area (Å²) in [5, 5.41) is 0. The lowest BCUT2D eigenvalue weighted by Crippen LogP contribution is -1.94. The maximum absolute atomic E-state index is 13.2. The van der Waals surface area contributed by atoms with Gasteiger partial charge in [0.25, 0.3) is 0 Å². The first kappa shape index (κ1) is 16.5. The van der Waals surface area contributed by atoms with E-state index in [-0.39, 0.29) is 6.08 Å². The van der Waals surface area contributed by atoms with Crippen molar-refractivity contribution in [1.82, 2.24) is 4.98 Å². The maximum atomic E-state index is 13.2. The normalized spacial score (nSPS) is 11.0. The third-order valence-electron chi connectivity index (χ3n) is 3.33. The predicted octanol–water partition coefficient (Wildman–Crippen LogP) is 3.95. The minimum atomic E-state index is -0.460. The smallest absolute Gasteiger partial charge is 0.400 e. The second-order valence-electron chi connectivity index (χ2n) is 4.96. The van der Waals surface area contributed by atoms with Gasteiger partial charge in [-0.15, -0.1) is 0 Å². The molecule has 3 aromatic rings. The largest absolute Gasteiger partial charge is 0.493 e. The molecule has 7 heteroatoms. The number of carbonyl (C=O) groups excluding carboxylic acids is 1. The molecule has 0 fully saturated rings. The van der Waals surface area contributed by atoms with Crippen LogP contribution in [0.3, 0.4) is 0 Å². The van der Waals surface area contributed by atoms with Crippen LogP contribution < -0.4 is 9.47 Å². The summed E-state index contributed by atoms with van der Waals surface area (Å²) in [7, 11) is 2.79. The van der Waals surface area contributed by atoms with Crippen molar-refractivity contribution in [3.8, 4) is 17.6 Å². The van der Waals surface area contributed by atoms with Crippen LogP contribution in [0.15, 0.2) is 46.9 Å². The van der Waals surface area contributed by atoms with Crippen molar-refractivity contribution < 1.29 is 27.8 Å². The van der Waals surface area contributed by atoms with Crippen molar-refractivity contribution in [3.05, 3.63) is 53.9 Å². The number of hydrogen-bond donors (Lipinski definition) is 0. The van der Waals surface area contributed by atoms with Crippen molar-refractivity contribution in [1.29, 1.82) is 0 Å². The molecule has 0 atom stereocenters. The maximum Gasteiger partial charge on any atom is 0.400 e. The first-order chi connectivity index (χ1) is 12.1. The Hall–Kier alpha value is -3.35. The molecule has 3 rings (SSSR count). The van der Waals surface area contributed by atoms with Gasteiger partial charge >= 0.3 is 12.0 Å².